The van der Waals surface area contributed by atoms with Crippen molar-refractivity contribution in [1.82, 2.24) is 4.90 Å². The Labute approximate surface area is 180 Å². The van der Waals surface area contributed by atoms with Gasteiger partial charge in [-0.2, -0.15) is 0 Å². The molecule has 0 atom stereocenters. The molecule has 0 aliphatic heterocycles. The van der Waals surface area contributed by atoms with Crippen LogP contribution < -0.4 is 4.72 Å². The third kappa shape index (κ3) is 5.40. The summed E-state index contributed by atoms with van der Waals surface area (Å²) in [6.45, 7) is 0.333. The summed E-state index contributed by atoms with van der Waals surface area (Å²) in [5, 5.41) is 0. The number of amides is 1. The van der Waals surface area contributed by atoms with Gasteiger partial charge in [0.05, 0.1) is 4.90 Å². The maximum absolute atomic E-state index is 13.0. The van der Waals surface area contributed by atoms with Crippen LogP contribution in [0, 0.1) is 5.82 Å². The Bertz CT molecular complexity index is 1110. The first-order chi connectivity index (χ1) is 14.3. The second-order valence-corrected chi connectivity index (χ2v) is 9.21. The molecule has 3 rings (SSSR count). The number of carbonyl (C=O) groups is 1. The van der Waals surface area contributed by atoms with E-state index in [0.717, 1.165) is 10.5 Å². The van der Waals surface area contributed by atoms with E-state index in [0.29, 0.717) is 17.8 Å². The number of sulfonamides is 1. The summed E-state index contributed by atoms with van der Waals surface area (Å²) in [6.07, 6.45) is 1.92. The largest absolute Gasteiger partial charge is 0.337 e. The summed E-state index contributed by atoms with van der Waals surface area (Å²) in [4.78, 5) is 15.3. The molecule has 0 radical (unpaired) electrons. The SMILES string of the molecule is CSc1ccc(S(=O)(=O)Nc2ccc(C(=O)N(C)Cc3ccc(F)cc3)cc2)cc1. The van der Waals surface area contributed by atoms with Crippen molar-refractivity contribution >= 4 is 33.4 Å². The normalized spacial score (nSPS) is 11.2. The number of anilines is 1. The fraction of sp³-hybridized carbons (Fsp3) is 0.136. The van der Waals surface area contributed by atoms with Crippen LogP contribution in [0.4, 0.5) is 10.1 Å². The molecule has 30 heavy (non-hydrogen) atoms. The van der Waals surface area contributed by atoms with Crippen LogP contribution in [0.5, 0.6) is 0 Å². The molecule has 0 bridgehead atoms. The molecule has 0 unspecified atom stereocenters. The van der Waals surface area contributed by atoms with Gasteiger partial charge in [0.1, 0.15) is 5.82 Å². The lowest BCUT2D eigenvalue weighted by molar-refractivity contribution is 0.0785. The Morgan fingerprint density at radius 3 is 2.13 bits per heavy atom. The number of nitrogens with zero attached hydrogens (tertiary/aromatic N) is 1. The predicted molar refractivity (Wildman–Crippen MR) is 118 cm³/mol. The minimum Gasteiger partial charge on any atom is -0.337 e. The van der Waals surface area contributed by atoms with Crippen LogP contribution in [0.3, 0.4) is 0 Å². The van der Waals surface area contributed by atoms with Crippen molar-refractivity contribution in [3.63, 3.8) is 0 Å². The van der Waals surface area contributed by atoms with Gasteiger partial charge in [-0.05, 0) is 72.5 Å². The van der Waals surface area contributed by atoms with Crippen LogP contribution >= 0.6 is 11.8 Å². The molecule has 0 spiro atoms. The first-order valence-corrected chi connectivity index (χ1v) is 11.8. The van der Waals surface area contributed by atoms with Crippen LogP contribution in [-0.2, 0) is 16.6 Å². The topological polar surface area (TPSA) is 66.5 Å². The summed E-state index contributed by atoms with van der Waals surface area (Å²) >= 11 is 1.53. The number of hydrogen-bond donors (Lipinski definition) is 1. The predicted octanol–water partition coefficient (Wildman–Crippen LogP) is 4.62. The van der Waals surface area contributed by atoms with Gasteiger partial charge in [0.25, 0.3) is 15.9 Å². The van der Waals surface area contributed by atoms with Gasteiger partial charge in [-0.15, -0.1) is 11.8 Å². The van der Waals surface area contributed by atoms with E-state index in [1.54, 1.807) is 67.7 Å². The molecule has 0 saturated heterocycles. The molecule has 0 heterocycles. The van der Waals surface area contributed by atoms with Crippen molar-refractivity contribution in [1.29, 1.82) is 0 Å². The Morgan fingerprint density at radius 2 is 1.57 bits per heavy atom. The van der Waals surface area contributed by atoms with Crippen molar-refractivity contribution in [3.05, 3.63) is 89.7 Å². The first-order valence-electron chi connectivity index (χ1n) is 9.05. The van der Waals surface area contributed by atoms with Gasteiger partial charge in [0.2, 0.25) is 0 Å². The molecule has 5 nitrogen and oxygen atoms in total. The molecular formula is C22H21FN2O3S2. The van der Waals surface area contributed by atoms with Gasteiger partial charge in [-0.3, -0.25) is 9.52 Å². The van der Waals surface area contributed by atoms with Gasteiger partial charge in [-0.25, -0.2) is 12.8 Å². The summed E-state index contributed by atoms with van der Waals surface area (Å²) in [7, 11) is -2.06. The molecule has 8 heteroatoms. The zero-order chi connectivity index (χ0) is 21.7. The molecule has 0 saturated carbocycles. The maximum Gasteiger partial charge on any atom is 0.261 e. The van der Waals surface area contributed by atoms with Crippen molar-refractivity contribution in [3.8, 4) is 0 Å². The van der Waals surface area contributed by atoms with E-state index in [2.05, 4.69) is 4.72 Å². The Kier molecular flexibility index (Phi) is 6.79. The quantitative estimate of drug-likeness (QED) is 0.540. The number of thioether (sulfide) groups is 1. The van der Waals surface area contributed by atoms with E-state index in [9.17, 15) is 17.6 Å². The third-order valence-electron chi connectivity index (χ3n) is 4.43. The number of benzene rings is 3. The Balaban J connectivity index is 1.67. The lowest BCUT2D eigenvalue weighted by atomic mass is 10.1. The smallest absolute Gasteiger partial charge is 0.261 e. The first kappa shape index (κ1) is 21.9. The lowest BCUT2D eigenvalue weighted by Crippen LogP contribution is -2.26. The van der Waals surface area contributed by atoms with E-state index < -0.39 is 10.0 Å². The fourth-order valence-electron chi connectivity index (χ4n) is 2.81. The molecular weight excluding hydrogens is 423 g/mol. The van der Waals surface area contributed by atoms with Crippen LogP contribution in [0.15, 0.2) is 82.6 Å². The average Bonchev–Trinajstić information content (AvgIpc) is 2.75. The van der Waals surface area contributed by atoms with Crippen molar-refractivity contribution < 1.29 is 17.6 Å². The van der Waals surface area contributed by atoms with Gasteiger partial charge in [-0.1, -0.05) is 12.1 Å². The summed E-state index contributed by atoms with van der Waals surface area (Å²) < 4.78 is 40.6. The molecule has 156 valence electrons. The van der Waals surface area contributed by atoms with Crippen LogP contribution in [-0.4, -0.2) is 32.5 Å². The Morgan fingerprint density at radius 1 is 0.967 bits per heavy atom. The molecule has 1 amide bonds. The van der Waals surface area contributed by atoms with Gasteiger partial charge in [0.15, 0.2) is 0 Å². The molecule has 3 aromatic carbocycles. The highest BCUT2D eigenvalue weighted by atomic mass is 32.2. The molecule has 0 aliphatic rings. The third-order valence-corrected chi connectivity index (χ3v) is 6.57. The Hall–Kier alpha value is -2.84. The summed E-state index contributed by atoms with van der Waals surface area (Å²) in [5.41, 5.74) is 1.60. The second kappa shape index (κ2) is 9.32. The number of hydrogen-bond acceptors (Lipinski definition) is 4. The zero-order valence-corrected chi connectivity index (χ0v) is 18.1. The number of rotatable bonds is 7. The van der Waals surface area contributed by atoms with Crippen LogP contribution in [0.1, 0.15) is 15.9 Å². The number of halogens is 1. The van der Waals surface area contributed by atoms with E-state index in [-0.39, 0.29) is 16.6 Å². The molecule has 3 aromatic rings. The highest BCUT2D eigenvalue weighted by Crippen LogP contribution is 2.21. The van der Waals surface area contributed by atoms with Gasteiger partial charge in [0, 0.05) is 29.7 Å². The molecule has 0 fully saturated rings. The molecule has 1 N–H and O–H groups in total. The zero-order valence-electron chi connectivity index (χ0n) is 16.5. The van der Waals surface area contributed by atoms with Crippen molar-refractivity contribution in [2.45, 2.75) is 16.3 Å². The maximum atomic E-state index is 13.0. The van der Waals surface area contributed by atoms with E-state index in [4.69, 9.17) is 0 Å². The molecule has 0 aromatic heterocycles. The molecule has 0 aliphatic carbocycles. The second-order valence-electron chi connectivity index (χ2n) is 6.65. The van der Waals surface area contributed by atoms with E-state index in [1.807, 2.05) is 6.26 Å². The minimum atomic E-state index is -3.72. The summed E-state index contributed by atoms with van der Waals surface area (Å²) in [5.74, 6) is -0.549. The minimum absolute atomic E-state index is 0.166. The standard InChI is InChI=1S/C22H21FN2O3S2/c1-25(15-16-3-7-18(23)8-4-16)22(26)17-5-9-19(10-6-17)24-30(27,28)21-13-11-20(29-2)12-14-21/h3-14,24H,15H2,1-2H3. The average molecular weight is 445 g/mol. The highest BCUT2D eigenvalue weighted by molar-refractivity contribution is 7.98. The van der Waals surface area contributed by atoms with E-state index in [1.165, 1.54) is 28.8 Å². The number of carbonyl (C=O) groups excluding carboxylic acids is 1. The number of nitrogens with one attached hydrogen (secondary N) is 1. The summed E-state index contributed by atoms with van der Waals surface area (Å²) in [6, 6.07) is 18.8. The monoisotopic (exact) mass is 444 g/mol. The van der Waals surface area contributed by atoms with Gasteiger partial charge >= 0.3 is 0 Å². The fourth-order valence-corrected chi connectivity index (χ4v) is 4.27. The van der Waals surface area contributed by atoms with Crippen LogP contribution in [0.2, 0.25) is 0 Å². The van der Waals surface area contributed by atoms with Crippen molar-refractivity contribution in [2.75, 3.05) is 18.0 Å². The lowest BCUT2D eigenvalue weighted by Gasteiger charge is -2.17. The van der Waals surface area contributed by atoms with Gasteiger partial charge < -0.3 is 4.90 Å². The van der Waals surface area contributed by atoms with Crippen LogP contribution in [0.25, 0.3) is 0 Å². The highest BCUT2D eigenvalue weighted by Gasteiger charge is 2.16. The van der Waals surface area contributed by atoms with Crippen molar-refractivity contribution in [2.24, 2.45) is 0 Å². The van der Waals surface area contributed by atoms with E-state index >= 15 is 0 Å².